The maximum atomic E-state index is 3.40. The van der Waals surface area contributed by atoms with Crippen molar-refractivity contribution in [3.8, 4) is 0 Å². The minimum Gasteiger partial charge on any atom is -0.369 e. The van der Waals surface area contributed by atoms with Crippen molar-refractivity contribution in [2.75, 3.05) is 44.7 Å². The third-order valence-electron chi connectivity index (χ3n) is 4.01. The van der Waals surface area contributed by atoms with Gasteiger partial charge in [-0.25, -0.2) is 0 Å². The molecule has 1 heterocycles. The van der Waals surface area contributed by atoms with Crippen molar-refractivity contribution in [3.05, 3.63) is 29.8 Å². The first kappa shape index (κ1) is 15.3. The van der Waals surface area contributed by atoms with Crippen molar-refractivity contribution in [2.24, 2.45) is 0 Å². The van der Waals surface area contributed by atoms with Crippen molar-refractivity contribution in [2.45, 2.75) is 32.7 Å². The lowest BCUT2D eigenvalue weighted by atomic mass is 10.1. The van der Waals surface area contributed by atoms with Crippen LogP contribution in [0.1, 0.15) is 31.7 Å². The second-order valence-electron chi connectivity index (χ2n) is 5.85. The Morgan fingerprint density at radius 3 is 2.45 bits per heavy atom. The van der Waals surface area contributed by atoms with E-state index < -0.39 is 0 Å². The molecule has 1 aliphatic heterocycles. The van der Waals surface area contributed by atoms with Crippen LogP contribution in [0.3, 0.4) is 0 Å². The summed E-state index contributed by atoms with van der Waals surface area (Å²) in [6.45, 7) is 8.96. The van der Waals surface area contributed by atoms with E-state index in [0.717, 1.165) is 32.7 Å². The summed E-state index contributed by atoms with van der Waals surface area (Å²) in [7, 11) is 2.22. The van der Waals surface area contributed by atoms with E-state index in [0.29, 0.717) is 0 Å². The molecule has 1 aliphatic rings. The molecule has 1 aromatic carbocycles. The lowest BCUT2D eigenvalue weighted by Crippen LogP contribution is -2.43. The smallest absolute Gasteiger partial charge is 0.0367 e. The van der Waals surface area contributed by atoms with E-state index in [1.807, 2.05) is 0 Å². The number of hydrogen-bond donors (Lipinski definition) is 1. The fraction of sp³-hybridized carbons (Fsp3) is 0.647. The van der Waals surface area contributed by atoms with Crippen LogP contribution in [0.15, 0.2) is 24.3 Å². The first-order valence-corrected chi connectivity index (χ1v) is 8.02. The third kappa shape index (κ3) is 4.80. The van der Waals surface area contributed by atoms with Gasteiger partial charge in [-0.2, -0.15) is 0 Å². The van der Waals surface area contributed by atoms with Gasteiger partial charge in [0.25, 0.3) is 0 Å². The number of hydrogen-bond acceptors (Lipinski definition) is 3. The Labute approximate surface area is 124 Å². The highest BCUT2D eigenvalue weighted by Crippen LogP contribution is 2.16. The molecule has 0 aromatic heterocycles. The van der Waals surface area contributed by atoms with E-state index in [4.69, 9.17) is 0 Å². The number of nitrogens with one attached hydrogen (secondary N) is 1. The maximum Gasteiger partial charge on any atom is 0.0367 e. The van der Waals surface area contributed by atoms with Crippen molar-refractivity contribution < 1.29 is 0 Å². The molecule has 1 fully saturated rings. The van der Waals surface area contributed by atoms with Gasteiger partial charge >= 0.3 is 0 Å². The molecule has 3 heteroatoms. The zero-order chi connectivity index (χ0) is 14.2. The van der Waals surface area contributed by atoms with Crippen LogP contribution in [0.25, 0.3) is 0 Å². The highest BCUT2D eigenvalue weighted by Gasteiger charge is 2.10. The number of piperazine rings is 1. The predicted octanol–water partition coefficient (Wildman–Crippen LogP) is 2.72. The SMILES string of the molecule is CCCCCN(C)Cc1ccc(N2CCNCC2)cc1. The van der Waals surface area contributed by atoms with E-state index in [1.54, 1.807) is 0 Å². The van der Waals surface area contributed by atoms with E-state index in [-0.39, 0.29) is 0 Å². The Bertz CT molecular complexity index is 368. The largest absolute Gasteiger partial charge is 0.369 e. The fourth-order valence-corrected chi connectivity index (χ4v) is 2.76. The van der Waals surface area contributed by atoms with Gasteiger partial charge in [0.05, 0.1) is 0 Å². The van der Waals surface area contributed by atoms with Gasteiger partial charge in [-0.15, -0.1) is 0 Å². The Morgan fingerprint density at radius 1 is 1.10 bits per heavy atom. The monoisotopic (exact) mass is 275 g/mol. The molecule has 112 valence electrons. The van der Waals surface area contributed by atoms with E-state index in [2.05, 4.69) is 53.4 Å². The topological polar surface area (TPSA) is 18.5 Å². The number of anilines is 1. The van der Waals surface area contributed by atoms with Crippen LogP contribution >= 0.6 is 0 Å². The lowest BCUT2D eigenvalue weighted by molar-refractivity contribution is 0.318. The minimum atomic E-state index is 1.06. The molecule has 20 heavy (non-hydrogen) atoms. The van der Waals surface area contributed by atoms with Crippen LogP contribution in [0.5, 0.6) is 0 Å². The average molecular weight is 275 g/mol. The fourth-order valence-electron chi connectivity index (χ4n) is 2.76. The van der Waals surface area contributed by atoms with Crippen LogP contribution in [0, 0.1) is 0 Å². The van der Waals surface area contributed by atoms with Crippen LogP contribution < -0.4 is 10.2 Å². The van der Waals surface area contributed by atoms with Crippen molar-refractivity contribution in [1.82, 2.24) is 10.2 Å². The Kier molecular flexibility index (Phi) is 6.34. The second-order valence-corrected chi connectivity index (χ2v) is 5.85. The molecule has 0 atom stereocenters. The van der Waals surface area contributed by atoms with E-state index in [1.165, 1.54) is 37.1 Å². The summed E-state index contributed by atoms with van der Waals surface area (Å²) in [5.41, 5.74) is 2.78. The molecule has 0 saturated carbocycles. The highest BCUT2D eigenvalue weighted by molar-refractivity contribution is 5.48. The molecule has 0 unspecified atom stereocenters. The first-order valence-electron chi connectivity index (χ1n) is 8.02. The Balaban J connectivity index is 1.81. The van der Waals surface area contributed by atoms with E-state index in [9.17, 15) is 0 Å². The molecule has 0 bridgehead atoms. The maximum absolute atomic E-state index is 3.40. The summed E-state index contributed by atoms with van der Waals surface area (Å²) in [6.07, 6.45) is 3.95. The first-order chi connectivity index (χ1) is 9.79. The summed E-state index contributed by atoms with van der Waals surface area (Å²) < 4.78 is 0. The van der Waals surface area contributed by atoms with Crippen LogP contribution in [-0.4, -0.2) is 44.7 Å². The highest BCUT2D eigenvalue weighted by atomic mass is 15.2. The van der Waals surface area contributed by atoms with Gasteiger partial charge < -0.3 is 15.1 Å². The minimum absolute atomic E-state index is 1.06. The molecule has 2 rings (SSSR count). The van der Waals surface area contributed by atoms with Gasteiger partial charge in [0.15, 0.2) is 0 Å². The summed E-state index contributed by atoms with van der Waals surface area (Å²) >= 11 is 0. The summed E-state index contributed by atoms with van der Waals surface area (Å²) in [5, 5.41) is 3.40. The zero-order valence-electron chi connectivity index (χ0n) is 13.1. The Morgan fingerprint density at radius 2 is 1.80 bits per heavy atom. The zero-order valence-corrected chi connectivity index (χ0v) is 13.1. The normalized spacial score (nSPS) is 15.8. The molecule has 0 spiro atoms. The van der Waals surface area contributed by atoms with Crippen molar-refractivity contribution in [1.29, 1.82) is 0 Å². The van der Waals surface area contributed by atoms with Gasteiger partial charge in [0.2, 0.25) is 0 Å². The van der Waals surface area contributed by atoms with Crippen LogP contribution in [0.2, 0.25) is 0 Å². The molecular formula is C17H29N3. The third-order valence-corrected chi connectivity index (χ3v) is 4.01. The molecule has 0 amide bonds. The van der Waals surface area contributed by atoms with Gasteiger partial charge in [-0.1, -0.05) is 31.9 Å². The van der Waals surface area contributed by atoms with Gasteiger partial charge in [-0.05, 0) is 37.7 Å². The summed E-state index contributed by atoms with van der Waals surface area (Å²) in [4.78, 5) is 4.89. The lowest BCUT2D eigenvalue weighted by Gasteiger charge is -2.29. The molecule has 1 saturated heterocycles. The standard InChI is InChI=1S/C17H29N3/c1-3-4-5-12-19(2)15-16-6-8-17(9-7-16)20-13-10-18-11-14-20/h6-9,18H,3-5,10-15H2,1-2H3. The average Bonchev–Trinajstić information content (AvgIpc) is 2.49. The molecule has 0 aliphatic carbocycles. The Hall–Kier alpha value is -1.06. The quantitative estimate of drug-likeness (QED) is 0.772. The number of unbranched alkanes of at least 4 members (excludes halogenated alkanes) is 2. The van der Waals surface area contributed by atoms with Gasteiger partial charge in [0, 0.05) is 38.4 Å². The second kappa shape index (κ2) is 8.28. The predicted molar refractivity (Wildman–Crippen MR) is 87.4 cm³/mol. The number of benzene rings is 1. The van der Waals surface area contributed by atoms with Gasteiger partial charge in [-0.3, -0.25) is 0 Å². The van der Waals surface area contributed by atoms with Crippen LogP contribution in [0.4, 0.5) is 5.69 Å². The molecular weight excluding hydrogens is 246 g/mol. The molecule has 1 aromatic rings. The van der Waals surface area contributed by atoms with Gasteiger partial charge in [0.1, 0.15) is 0 Å². The number of nitrogens with zero attached hydrogens (tertiary/aromatic N) is 2. The summed E-state index contributed by atoms with van der Waals surface area (Å²) in [6, 6.07) is 9.13. The van der Waals surface area contributed by atoms with E-state index >= 15 is 0 Å². The number of rotatable bonds is 7. The molecule has 3 nitrogen and oxygen atoms in total. The van der Waals surface area contributed by atoms with Crippen LogP contribution in [-0.2, 0) is 6.54 Å². The van der Waals surface area contributed by atoms with Crippen molar-refractivity contribution >= 4 is 5.69 Å². The molecule has 1 N–H and O–H groups in total. The van der Waals surface area contributed by atoms with Crippen molar-refractivity contribution in [3.63, 3.8) is 0 Å². The summed E-state index contributed by atoms with van der Waals surface area (Å²) in [5.74, 6) is 0. The molecule has 0 radical (unpaired) electrons.